The standard InChI is InChI=1S/C15H26N2O4/c1-4-12(2)17(13(3)18)11-14(19)16-7-5-15(6-8-16)20-9-10-21-15/h12H,4-11H2,1-3H3. The van der Waals surface area contributed by atoms with E-state index in [1.54, 1.807) is 4.90 Å². The van der Waals surface area contributed by atoms with Crippen molar-refractivity contribution in [1.82, 2.24) is 9.80 Å². The first-order valence-electron chi connectivity index (χ1n) is 7.80. The van der Waals surface area contributed by atoms with Crippen LogP contribution in [-0.2, 0) is 19.1 Å². The Hall–Kier alpha value is -1.14. The summed E-state index contributed by atoms with van der Waals surface area (Å²) in [5.74, 6) is -0.500. The molecule has 2 fully saturated rings. The number of ether oxygens (including phenoxy) is 2. The molecule has 2 amide bonds. The van der Waals surface area contributed by atoms with Gasteiger partial charge in [0.15, 0.2) is 5.79 Å². The Morgan fingerprint density at radius 3 is 2.29 bits per heavy atom. The second kappa shape index (κ2) is 6.75. The molecular formula is C15H26N2O4. The molecule has 0 aromatic heterocycles. The minimum Gasteiger partial charge on any atom is -0.347 e. The van der Waals surface area contributed by atoms with E-state index in [9.17, 15) is 9.59 Å². The van der Waals surface area contributed by atoms with E-state index >= 15 is 0 Å². The quantitative estimate of drug-likeness (QED) is 0.777. The van der Waals surface area contributed by atoms with Gasteiger partial charge in [-0.1, -0.05) is 6.92 Å². The second-order valence-electron chi connectivity index (χ2n) is 5.89. The zero-order valence-corrected chi connectivity index (χ0v) is 13.3. The van der Waals surface area contributed by atoms with Gasteiger partial charge in [0.05, 0.1) is 19.8 Å². The van der Waals surface area contributed by atoms with Gasteiger partial charge in [0.2, 0.25) is 11.8 Å². The fourth-order valence-corrected chi connectivity index (χ4v) is 2.93. The van der Waals surface area contributed by atoms with E-state index < -0.39 is 5.79 Å². The molecule has 1 unspecified atom stereocenters. The summed E-state index contributed by atoms with van der Waals surface area (Å²) < 4.78 is 11.3. The Morgan fingerprint density at radius 1 is 1.24 bits per heavy atom. The van der Waals surface area contributed by atoms with Gasteiger partial charge >= 0.3 is 0 Å². The number of likely N-dealkylation sites (tertiary alicyclic amines) is 1. The zero-order valence-electron chi connectivity index (χ0n) is 13.3. The number of amides is 2. The van der Waals surface area contributed by atoms with E-state index in [1.165, 1.54) is 6.92 Å². The summed E-state index contributed by atoms with van der Waals surface area (Å²) in [5.41, 5.74) is 0. The van der Waals surface area contributed by atoms with Crippen LogP contribution in [0.5, 0.6) is 0 Å². The highest BCUT2D eigenvalue weighted by Crippen LogP contribution is 2.31. The fourth-order valence-electron chi connectivity index (χ4n) is 2.93. The third-order valence-corrected chi connectivity index (χ3v) is 4.52. The first kappa shape index (κ1) is 16.2. The number of rotatable bonds is 4. The lowest BCUT2D eigenvalue weighted by Gasteiger charge is -2.38. The molecule has 2 saturated heterocycles. The summed E-state index contributed by atoms with van der Waals surface area (Å²) in [6.07, 6.45) is 2.27. The van der Waals surface area contributed by atoms with Gasteiger partial charge in [0.1, 0.15) is 0 Å². The summed E-state index contributed by atoms with van der Waals surface area (Å²) in [7, 11) is 0. The highest BCUT2D eigenvalue weighted by atomic mass is 16.7. The molecule has 1 atom stereocenters. The van der Waals surface area contributed by atoms with Crippen molar-refractivity contribution < 1.29 is 19.1 Å². The molecular weight excluding hydrogens is 272 g/mol. The van der Waals surface area contributed by atoms with E-state index in [4.69, 9.17) is 9.47 Å². The SMILES string of the molecule is CCC(C)N(CC(=O)N1CCC2(CC1)OCCO2)C(C)=O. The normalized spacial score (nSPS) is 22.3. The maximum atomic E-state index is 12.4. The molecule has 0 aliphatic carbocycles. The molecule has 0 bridgehead atoms. The predicted octanol–water partition coefficient (Wildman–Crippen LogP) is 0.999. The molecule has 21 heavy (non-hydrogen) atoms. The largest absolute Gasteiger partial charge is 0.347 e. The molecule has 2 aliphatic rings. The van der Waals surface area contributed by atoms with Crippen LogP contribution in [0.3, 0.4) is 0 Å². The molecule has 0 radical (unpaired) electrons. The van der Waals surface area contributed by atoms with Gasteiger partial charge in [-0.3, -0.25) is 9.59 Å². The number of carbonyl (C=O) groups excluding carboxylic acids is 2. The highest BCUT2D eigenvalue weighted by molar-refractivity contribution is 5.84. The predicted molar refractivity (Wildman–Crippen MR) is 77.6 cm³/mol. The van der Waals surface area contributed by atoms with Crippen molar-refractivity contribution in [2.45, 2.75) is 51.9 Å². The van der Waals surface area contributed by atoms with Crippen LogP contribution in [0.2, 0.25) is 0 Å². The molecule has 2 aliphatic heterocycles. The average molecular weight is 298 g/mol. The average Bonchev–Trinajstić information content (AvgIpc) is 2.92. The summed E-state index contributed by atoms with van der Waals surface area (Å²) in [6, 6.07) is 0.0871. The van der Waals surface area contributed by atoms with Crippen molar-refractivity contribution in [2.75, 3.05) is 32.8 Å². The van der Waals surface area contributed by atoms with Gasteiger partial charge in [0.25, 0.3) is 0 Å². The second-order valence-corrected chi connectivity index (χ2v) is 5.89. The first-order valence-corrected chi connectivity index (χ1v) is 7.80. The Morgan fingerprint density at radius 2 is 1.81 bits per heavy atom. The van der Waals surface area contributed by atoms with Gasteiger partial charge in [-0.25, -0.2) is 0 Å². The minimum absolute atomic E-state index is 0.0124. The monoisotopic (exact) mass is 298 g/mol. The molecule has 2 heterocycles. The highest BCUT2D eigenvalue weighted by Gasteiger charge is 2.41. The number of carbonyl (C=O) groups is 2. The van der Waals surface area contributed by atoms with Crippen LogP contribution in [0, 0.1) is 0 Å². The van der Waals surface area contributed by atoms with Crippen LogP contribution in [0.1, 0.15) is 40.0 Å². The number of nitrogens with zero attached hydrogens (tertiary/aromatic N) is 2. The molecule has 0 aromatic rings. The molecule has 6 nitrogen and oxygen atoms in total. The van der Waals surface area contributed by atoms with Crippen molar-refractivity contribution >= 4 is 11.8 Å². The van der Waals surface area contributed by atoms with Crippen molar-refractivity contribution in [1.29, 1.82) is 0 Å². The van der Waals surface area contributed by atoms with E-state index in [0.29, 0.717) is 39.1 Å². The number of hydrogen-bond acceptors (Lipinski definition) is 4. The lowest BCUT2D eigenvalue weighted by atomic mass is 10.0. The van der Waals surface area contributed by atoms with Crippen LogP contribution in [-0.4, -0.2) is 66.3 Å². The molecule has 0 saturated carbocycles. The van der Waals surface area contributed by atoms with E-state index in [2.05, 4.69) is 0 Å². The summed E-state index contributed by atoms with van der Waals surface area (Å²) in [6.45, 7) is 8.21. The van der Waals surface area contributed by atoms with Crippen LogP contribution in [0.15, 0.2) is 0 Å². The van der Waals surface area contributed by atoms with Gasteiger partial charge in [0, 0.05) is 38.9 Å². The van der Waals surface area contributed by atoms with E-state index in [-0.39, 0.29) is 24.4 Å². The van der Waals surface area contributed by atoms with Crippen molar-refractivity contribution in [3.8, 4) is 0 Å². The van der Waals surface area contributed by atoms with Crippen LogP contribution in [0.25, 0.3) is 0 Å². The summed E-state index contributed by atoms with van der Waals surface area (Å²) in [4.78, 5) is 27.5. The Balaban J connectivity index is 1.87. The maximum absolute atomic E-state index is 12.4. The topological polar surface area (TPSA) is 59.1 Å². The number of hydrogen-bond donors (Lipinski definition) is 0. The molecule has 2 rings (SSSR count). The summed E-state index contributed by atoms with van der Waals surface area (Å²) in [5, 5.41) is 0. The minimum atomic E-state index is -0.465. The van der Waals surface area contributed by atoms with E-state index in [1.807, 2.05) is 18.7 Å². The van der Waals surface area contributed by atoms with Crippen LogP contribution < -0.4 is 0 Å². The third kappa shape index (κ3) is 3.74. The van der Waals surface area contributed by atoms with Gasteiger partial charge in [-0.2, -0.15) is 0 Å². The Labute approximate surface area is 126 Å². The molecule has 0 aromatic carbocycles. The Bertz CT molecular complexity index is 383. The van der Waals surface area contributed by atoms with Crippen LogP contribution in [0.4, 0.5) is 0 Å². The molecule has 1 spiro atoms. The van der Waals surface area contributed by atoms with Gasteiger partial charge in [-0.05, 0) is 13.3 Å². The smallest absolute Gasteiger partial charge is 0.242 e. The molecule has 0 N–H and O–H groups in total. The van der Waals surface area contributed by atoms with Gasteiger partial charge in [-0.15, -0.1) is 0 Å². The lowest BCUT2D eigenvalue weighted by molar-refractivity contribution is -0.187. The molecule has 120 valence electrons. The number of piperidine rings is 1. The Kier molecular flexibility index (Phi) is 5.22. The van der Waals surface area contributed by atoms with Crippen molar-refractivity contribution in [3.63, 3.8) is 0 Å². The van der Waals surface area contributed by atoms with Gasteiger partial charge < -0.3 is 19.3 Å². The lowest BCUT2D eigenvalue weighted by Crippen LogP contribution is -2.51. The fraction of sp³-hybridized carbons (Fsp3) is 0.867. The zero-order chi connectivity index (χ0) is 15.5. The summed E-state index contributed by atoms with van der Waals surface area (Å²) >= 11 is 0. The van der Waals surface area contributed by atoms with Crippen LogP contribution >= 0.6 is 0 Å². The van der Waals surface area contributed by atoms with E-state index in [0.717, 1.165) is 6.42 Å². The molecule has 6 heteroatoms. The van der Waals surface area contributed by atoms with Crippen molar-refractivity contribution in [3.05, 3.63) is 0 Å². The third-order valence-electron chi connectivity index (χ3n) is 4.52. The van der Waals surface area contributed by atoms with Crippen molar-refractivity contribution in [2.24, 2.45) is 0 Å². The maximum Gasteiger partial charge on any atom is 0.242 e. The first-order chi connectivity index (χ1) is 9.97.